The van der Waals surface area contributed by atoms with E-state index in [1.807, 2.05) is 0 Å². The summed E-state index contributed by atoms with van der Waals surface area (Å²) < 4.78 is 0. The van der Waals surface area contributed by atoms with Crippen molar-refractivity contribution in [2.24, 2.45) is 22.2 Å². The van der Waals surface area contributed by atoms with E-state index in [2.05, 4.69) is 154 Å². The van der Waals surface area contributed by atoms with Crippen LogP contribution in [-0.2, 0) is 0 Å². The fraction of sp³-hybridized carbons (Fsp3) is 0.333. The van der Waals surface area contributed by atoms with Gasteiger partial charge in [0, 0.05) is 16.1 Å². The molecule has 0 heterocycles. The standard InChI is InChI=1S/C36H36S/c1-34(24-29(34)25-16-8-4-9-17-25)36(3)30(26-18-10-5-11-19-26)32(36)35(2)31(27-20-12-6-13-21-27)33(35)37-28-22-14-7-15-23-28/h4-23,29-33H,24H2,1-3H3/t29-,30-,31+,32-,33-,34+,35-,36+/m1/s1. The molecular formula is C36H36S. The summed E-state index contributed by atoms with van der Waals surface area (Å²) in [5.74, 6) is 2.50. The van der Waals surface area contributed by atoms with Crippen LogP contribution in [0.3, 0.4) is 0 Å². The van der Waals surface area contributed by atoms with Gasteiger partial charge in [-0.15, -0.1) is 11.8 Å². The van der Waals surface area contributed by atoms with Crippen molar-refractivity contribution in [1.82, 2.24) is 0 Å². The van der Waals surface area contributed by atoms with Crippen LogP contribution in [0.25, 0.3) is 0 Å². The van der Waals surface area contributed by atoms with Crippen LogP contribution in [0, 0.1) is 22.2 Å². The lowest BCUT2D eigenvalue weighted by atomic mass is 9.78. The molecule has 3 aliphatic rings. The first-order chi connectivity index (χ1) is 18.0. The molecule has 0 spiro atoms. The molecule has 7 rings (SSSR count). The molecule has 186 valence electrons. The van der Waals surface area contributed by atoms with Gasteiger partial charge in [-0.05, 0) is 69.2 Å². The maximum Gasteiger partial charge on any atom is 0.0232 e. The summed E-state index contributed by atoms with van der Waals surface area (Å²) >= 11 is 2.11. The van der Waals surface area contributed by atoms with Gasteiger partial charge < -0.3 is 0 Å². The van der Waals surface area contributed by atoms with E-state index in [0.29, 0.717) is 34.3 Å². The van der Waals surface area contributed by atoms with Gasteiger partial charge >= 0.3 is 0 Å². The molecule has 3 aliphatic carbocycles. The molecule has 0 aromatic heterocycles. The van der Waals surface area contributed by atoms with Crippen LogP contribution in [0.4, 0.5) is 0 Å². The van der Waals surface area contributed by atoms with Gasteiger partial charge in [-0.1, -0.05) is 130 Å². The Balaban J connectivity index is 1.30. The number of hydrogen-bond acceptors (Lipinski definition) is 1. The third-order valence-corrected chi connectivity index (χ3v) is 12.2. The summed E-state index contributed by atoms with van der Waals surface area (Å²) in [4.78, 5) is 1.40. The number of hydrogen-bond donors (Lipinski definition) is 0. The Morgan fingerprint density at radius 3 is 1.57 bits per heavy atom. The average molecular weight is 501 g/mol. The van der Waals surface area contributed by atoms with Crippen LogP contribution in [0.2, 0.25) is 0 Å². The van der Waals surface area contributed by atoms with Crippen LogP contribution >= 0.6 is 11.8 Å². The number of rotatable bonds is 7. The molecule has 0 unspecified atom stereocenters. The maximum atomic E-state index is 2.65. The lowest BCUT2D eigenvalue weighted by Crippen LogP contribution is -2.20. The molecule has 1 heteroatoms. The highest BCUT2D eigenvalue weighted by Crippen LogP contribution is 2.91. The van der Waals surface area contributed by atoms with Crippen molar-refractivity contribution in [2.45, 2.75) is 55.1 Å². The van der Waals surface area contributed by atoms with Crippen molar-refractivity contribution in [3.8, 4) is 0 Å². The minimum Gasteiger partial charge on any atom is -0.121 e. The lowest BCUT2D eigenvalue weighted by Gasteiger charge is -2.26. The van der Waals surface area contributed by atoms with Gasteiger partial charge in [-0.2, -0.15) is 0 Å². The van der Waals surface area contributed by atoms with Gasteiger partial charge in [-0.3, -0.25) is 0 Å². The molecule has 0 aliphatic heterocycles. The summed E-state index contributed by atoms with van der Waals surface area (Å²) in [6.45, 7) is 7.87. The summed E-state index contributed by atoms with van der Waals surface area (Å²) in [5, 5.41) is 0.591. The zero-order valence-electron chi connectivity index (χ0n) is 22.0. The molecule has 0 N–H and O–H groups in total. The first-order valence-corrected chi connectivity index (χ1v) is 14.7. The van der Waals surface area contributed by atoms with Crippen molar-refractivity contribution in [3.05, 3.63) is 138 Å². The molecule has 4 aromatic rings. The summed E-state index contributed by atoms with van der Waals surface area (Å²) in [6, 6.07) is 45.2. The fourth-order valence-corrected chi connectivity index (χ4v) is 10.1. The third kappa shape index (κ3) is 3.43. The van der Waals surface area contributed by atoms with E-state index >= 15 is 0 Å². The topological polar surface area (TPSA) is 0 Å². The molecule has 0 bridgehead atoms. The van der Waals surface area contributed by atoms with E-state index in [1.54, 1.807) is 5.56 Å². The third-order valence-electron chi connectivity index (χ3n) is 10.7. The van der Waals surface area contributed by atoms with Crippen LogP contribution in [-0.4, -0.2) is 5.25 Å². The second-order valence-corrected chi connectivity index (χ2v) is 13.6. The second-order valence-electron chi connectivity index (χ2n) is 12.3. The van der Waals surface area contributed by atoms with E-state index in [-0.39, 0.29) is 10.8 Å². The van der Waals surface area contributed by atoms with Gasteiger partial charge in [0.1, 0.15) is 0 Å². The van der Waals surface area contributed by atoms with Gasteiger partial charge in [-0.25, -0.2) is 0 Å². The van der Waals surface area contributed by atoms with Crippen molar-refractivity contribution in [1.29, 1.82) is 0 Å². The molecule has 0 saturated heterocycles. The lowest BCUT2D eigenvalue weighted by molar-refractivity contribution is 0.251. The monoisotopic (exact) mass is 500 g/mol. The molecule has 3 fully saturated rings. The smallest absolute Gasteiger partial charge is 0.0232 e. The largest absolute Gasteiger partial charge is 0.121 e. The van der Waals surface area contributed by atoms with E-state index in [9.17, 15) is 0 Å². The van der Waals surface area contributed by atoms with Gasteiger partial charge in [0.2, 0.25) is 0 Å². The molecule has 4 aromatic carbocycles. The first-order valence-electron chi connectivity index (χ1n) is 13.9. The minimum atomic E-state index is 0.254. The molecule has 3 saturated carbocycles. The quantitative estimate of drug-likeness (QED) is 0.243. The highest BCUT2D eigenvalue weighted by molar-refractivity contribution is 8.00. The van der Waals surface area contributed by atoms with Gasteiger partial charge in [0.15, 0.2) is 0 Å². The summed E-state index contributed by atoms with van der Waals surface area (Å²) in [5.41, 5.74) is 5.44. The highest BCUT2D eigenvalue weighted by atomic mass is 32.2. The number of benzene rings is 4. The van der Waals surface area contributed by atoms with E-state index in [1.165, 1.54) is 22.4 Å². The van der Waals surface area contributed by atoms with Crippen molar-refractivity contribution < 1.29 is 0 Å². The van der Waals surface area contributed by atoms with Crippen LogP contribution in [0.15, 0.2) is 126 Å². The zero-order chi connectivity index (χ0) is 25.3. The Morgan fingerprint density at radius 1 is 0.568 bits per heavy atom. The predicted molar refractivity (Wildman–Crippen MR) is 156 cm³/mol. The number of thioether (sulfide) groups is 1. The Kier molecular flexibility index (Phi) is 5.28. The Morgan fingerprint density at radius 2 is 1.03 bits per heavy atom. The van der Waals surface area contributed by atoms with E-state index < -0.39 is 0 Å². The molecule has 0 amide bonds. The normalized spacial score (nSPS) is 37.6. The molecule has 0 nitrogen and oxygen atoms in total. The van der Waals surface area contributed by atoms with Gasteiger partial charge in [0.05, 0.1) is 0 Å². The SMILES string of the molecule is C[C@@]1([C@H]2[C@@H](c3ccccc3)[C@]2(C)[C@@]2(C)C[C@@H]2c2ccccc2)[C@H](Sc2ccccc2)[C@@H]1c1ccccc1. The molecule has 0 radical (unpaired) electrons. The first kappa shape index (κ1) is 23.4. The molecule has 8 atom stereocenters. The Bertz CT molecular complexity index is 1380. The maximum absolute atomic E-state index is 2.65. The van der Waals surface area contributed by atoms with Gasteiger partial charge in [0.25, 0.3) is 0 Å². The second kappa shape index (κ2) is 8.37. The zero-order valence-corrected chi connectivity index (χ0v) is 22.9. The van der Waals surface area contributed by atoms with E-state index in [4.69, 9.17) is 0 Å². The van der Waals surface area contributed by atoms with Crippen molar-refractivity contribution >= 4 is 11.8 Å². The predicted octanol–water partition coefficient (Wildman–Crippen LogP) is 9.56. The van der Waals surface area contributed by atoms with Crippen LogP contribution in [0.5, 0.6) is 0 Å². The summed E-state index contributed by atoms with van der Waals surface area (Å²) in [6.07, 6.45) is 1.30. The van der Waals surface area contributed by atoms with Crippen molar-refractivity contribution in [3.63, 3.8) is 0 Å². The van der Waals surface area contributed by atoms with Crippen LogP contribution in [0.1, 0.15) is 61.6 Å². The Labute approximate surface area is 226 Å². The molecule has 37 heavy (non-hydrogen) atoms. The summed E-state index contributed by atoms with van der Waals surface area (Å²) in [7, 11) is 0. The fourth-order valence-electron chi connectivity index (χ4n) is 8.46. The average Bonchev–Trinajstić information content (AvgIpc) is 3.89. The molecular weight excluding hydrogens is 464 g/mol. The highest BCUT2D eigenvalue weighted by Gasteiger charge is 2.85. The minimum absolute atomic E-state index is 0.254. The van der Waals surface area contributed by atoms with Crippen molar-refractivity contribution in [2.75, 3.05) is 0 Å². The Hall–Kier alpha value is -2.77. The van der Waals surface area contributed by atoms with Crippen LogP contribution < -0.4 is 0 Å². The van der Waals surface area contributed by atoms with E-state index in [0.717, 1.165) is 0 Å².